The van der Waals surface area contributed by atoms with Crippen molar-refractivity contribution >= 4 is 44.1 Å². The Labute approximate surface area is 235 Å². The van der Waals surface area contributed by atoms with E-state index >= 15 is 0 Å². The molecule has 0 unspecified atom stereocenters. The molecule has 2 N–H and O–H groups in total. The van der Waals surface area contributed by atoms with Crippen molar-refractivity contribution in [2.45, 2.75) is 26.2 Å². The Morgan fingerprint density at radius 2 is 1.88 bits per heavy atom. The summed E-state index contributed by atoms with van der Waals surface area (Å²) >= 11 is 1.68. The standard InChI is InChI=1S/C29H32N6O4S/c1-29(2,3)24-16-25(33-39-24)32-28(36)31-21-6-4-19(5-7-21)20-14-26-35(18-20)27-23(40-26)15-22(17-30-27)38-13-10-34-8-11-37-12-9-34/h4-7,14-18H,8-13H2,1-3H3,(H2,31,32,33,36). The van der Waals surface area contributed by atoms with Crippen LogP contribution in [0.3, 0.4) is 0 Å². The smallest absolute Gasteiger partial charge is 0.324 e. The van der Waals surface area contributed by atoms with E-state index in [1.165, 1.54) is 0 Å². The highest BCUT2D eigenvalue weighted by Crippen LogP contribution is 2.33. The summed E-state index contributed by atoms with van der Waals surface area (Å²) < 4.78 is 19.9. The van der Waals surface area contributed by atoms with Gasteiger partial charge in [0.2, 0.25) is 0 Å². The number of nitrogens with one attached hydrogen (secondary N) is 2. The van der Waals surface area contributed by atoms with Gasteiger partial charge in [0.05, 0.1) is 24.1 Å². The van der Waals surface area contributed by atoms with Crippen molar-refractivity contribution in [3.63, 3.8) is 0 Å². The molecule has 0 aliphatic carbocycles. The Balaban J connectivity index is 1.08. The zero-order chi connectivity index (χ0) is 27.7. The van der Waals surface area contributed by atoms with Gasteiger partial charge >= 0.3 is 6.03 Å². The molecule has 4 aromatic heterocycles. The number of carbonyl (C=O) groups excluding carboxylic acids is 1. The van der Waals surface area contributed by atoms with Gasteiger partial charge in [-0.3, -0.25) is 14.6 Å². The first kappa shape index (κ1) is 26.3. The largest absolute Gasteiger partial charge is 0.491 e. The Hall–Kier alpha value is -3.93. The molecule has 208 valence electrons. The number of fused-ring (bicyclic) bond motifs is 3. The van der Waals surface area contributed by atoms with E-state index in [1.807, 2.05) is 45.0 Å². The predicted octanol–water partition coefficient (Wildman–Crippen LogP) is 5.86. The second-order valence-corrected chi connectivity index (χ2v) is 11.9. The molecular formula is C29H32N6O4S. The number of ether oxygens (including phenoxy) is 2. The van der Waals surface area contributed by atoms with Gasteiger partial charge in [0, 0.05) is 54.6 Å². The molecule has 5 aromatic rings. The quantitative estimate of drug-likeness (QED) is 0.257. The fourth-order valence-corrected chi connectivity index (χ4v) is 5.61. The SMILES string of the molecule is CC(C)(C)c1cc(NC(=O)Nc2ccc(-c3cc4sc5cc(OCCN6CCOCC6)cnc5n4c3)cc2)no1. The maximum Gasteiger partial charge on any atom is 0.324 e. The van der Waals surface area contributed by atoms with Gasteiger partial charge < -0.3 is 19.3 Å². The number of nitrogens with zero attached hydrogens (tertiary/aromatic N) is 4. The summed E-state index contributed by atoms with van der Waals surface area (Å²) in [5, 5.41) is 9.47. The number of pyridine rings is 1. The molecule has 6 rings (SSSR count). The van der Waals surface area contributed by atoms with Crippen molar-refractivity contribution in [3.8, 4) is 16.9 Å². The molecule has 0 saturated carbocycles. The molecule has 1 saturated heterocycles. The molecule has 0 atom stereocenters. The third-order valence-corrected chi connectivity index (χ3v) is 7.83. The number of benzene rings is 1. The number of amides is 2. The molecule has 10 nitrogen and oxygen atoms in total. The second kappa shape index (κ2) is 10.9. The predicted molar refractivity (Wildman–Crippen MR) is 157 cm³/mol. The Bertz CT molecular complexity index is 1630. The highest BCUT2D eigenvalue weighted by atomic mass is 32.1. The monoisotopic (exact) mass is 560 g/mol. The molecule has 1 aromatic carbocycles. The summed E-state index contributed by atoms with van der Waals surface area (Å²) in [6.45, 7) is 11.1. The summed E-state index contributed by atoms with van der Waals surface area (Å²) in [5.41, 5.74) is 3.52. The number of thiazole rings is 1. The van der Waals surface area contributed by atoms with Crippen LogP contribution in [0.1, 0.15) is 26.5 Å². The van der Waals surface area contributed by atoms with Gasteiger partial charge in [0.25, 0.3) is 0 Å². The molecular weight excluding hydrogens is 528 g/mol. The van der Waals surface area contributed by atoms with Gasteiger partial charge in [-0.25, -0.2) is 9.78 Å². The fourth-order valence-electron chi connectivity index (χ4n) is 4.54. The van der Waals surface area contributed by atoms with Crippen LogP contribution in [0, 0.1) is 0 Å². The van der Waals surface area contributed by atoms with Crippen LogP contribution in [-0.4, -0.2) is 64.9 Å². The Kier molecular flexibility index (Phi) is 7.18. The fraction of sp³-hybridized carbons (Fsp3) is 0.345. The molecule has 1 aliphatic rings. The van der Waals surface area contributed by atoms with E-state index in [1.54, 1.807) is 23.6 Å². The summed E-state index contributed by atoms with van der Waals surface area (Å²) in [5.74, 6) is 1.87. The summed E-state index contributed by atoms with van der Waals surface area (Å²) in [4.78, 5) is 20.6. The van der Waals surface area contributed by atoms with Crippen molar-refractivity contribution in [3.05, 3.63) is 60.6 Å². The number of aromatic nitrogens is 3. The minimum atomic E-state index is -0.382. The third-order valence-electron chi connectivity index (χ3n) is 6.78. The zero-order valence-corrected chi connectivity index (χ0v) is 23.6. The lowest BCUT2D eigenvalue weighted by Gasteiger charge is -2.26. The number of hydrogen-bond donors (Lipinski definition) is 2. The number of carbonyl (C=O) groups is 1. The topological polar surface area (TPSA) is 106 Å². The van der Waals surface area contributed by atoms with E-state index in [-0.39, 0.29) is 11.4 Å². The van der Waals surface area contributed by atoms with Crippen molar-refractivity contribution in [1.29, 1.82) is 0 Å². The first-order valence-corrected chi connectivity index (χ1v) is 14.1. The van der Waals surface area contributed by atoms with Crippen molar-refractivity contribution in [1.82, 2.24) is 19.4 Å². The summed E-state index contributed by atoms with van der Waals surface area (Å²) in [6.07, 6.45) is 3.88. The summed E-state index contributed by atoms with van der Waals surface area (Å²) in [6, 6.07) is 13.3. The average molecular weight is 561 g/mol. The second-order valence-electron chi connectivity index (χ2n) is 10.8. The maximum absolute atomic E-state index is 12.4. The third kappa shape index (κ3) is 5.81. The molecule has 0 bridgehead atoms. The van der Waals surface area contributed by atoms with E-state index in [0.29, 0.717) is 23.9 Å². The minimum Gasteiger partial charge on any atom is -0.491 e. The lowest BCUT2D eigenvalue weighted by atomic mass is 9.93. The van der Waals surface area contributed by atoms with Crippen molar-refractivity contribution < 1.29 is 18.8 Å². The number of morpholine rings is 1. The molecule has 11 heteroatoms. The molecule has 40 heavy (non-hydrogen) atoms. The molecule has 0 radical (unpaired) electrons. The van der Waals surface area contributed by atoms with Crippen LogP contribution in [-0.2, 0) is 10.2 Å². The first-order chi connectivity index (χ1) is 19.3. The number of hydrogen-bond acceptors (Lipinski definition) is 8. The lowest BCUT2D eigenvalue weighted by molar-refractivity contribution is 0.0322. The van der Waals surface area contributed by atoms with Gasteiger partial charge in [-0.1, -0.05) is 38.1 Å². The first-order valence-electron chi connectivity index (χ1n) is 13.3. The number of rotatable bonds is 7. The van der Waals surface area contributed by atoms with Crippen molar-refractivity contribution in [2.24, 2.45) is 0 Å². The van der Waals surface area contributed by atoms with Gasteiger partial charge in [0.15, 0.2) is 11.5 Å². The van der Waals surface area contributed by atoms with Crippen LogP contribution in [0.15, 0.2) is 59.4 Å². The van der Waals surface area contributed by atoms with E-state index in [2.05, 4.69) is 48.4 Å². The maximum atomic E-state index is 12.4. The van der Waals surface area contributed by atoms with Crippen LogP contribution in [0.5, 0.6) is 5.75 Å². The van der Waals surface area contributed by atoms with Crippen LogP contribution in [0.4, 0.5) is 16.3 Å². The minimum absolute atomic E-state index is 0.185. The number of anilines is 2. The normalized spacial score (nSPS) is 14.6. The Morgan fingerprint density at radius 3 is 2.62 bits per heavy atom. The van der Waals surface area contributed by atoms with Gasteiger partial charge in [-0.05, 0) is 23.8 Å². The highest BCUT2D eigenvalue weighted by molar-refractivity contribution is 7.23. The van der Waals surface area contributed by atoms with Gasteiger partial charge in [-0.2, -0.15) is 0 Å². The van der Waals surface area contributed by atoms with E-state index in [4.69, 9.17) is 14.0 Å². The molecule has 1 aliphatic heterocycles. The average Bonchev–Trinajstić information content (AvgIpc) is 3.64. The summed E-state index contributed by atoms with van der Waals surface area (Å²) in [7, 11) is 0. The molecule has 1 fully saturated rings. The lowest BCUT2D eigenvalue weighted by Crippen LogP contribution is -2.38. The molecule has 5 heterocycles. The van der Waals surface area contributed by atoms with Crippen molar-refractivity contribution in [2.75, 3.05) is 50.1 Å². The number of urea groups is 1. The van der Waals surface area contributed by atoms with Gasteiger partial charge in [-0.15, -0.1) is 11.3 Å². The highest BCUT2D eigenvalue weighted by Gasteiger charge is 2.20. The van der Waals surface area contributed by atoms with Crippen LogP contribution >= 0.6 is 11.3 Å². The van der Waals surface area contributed by atoms with Crippen LogP contribution < -0.4 is 15.4 Å². The van der Waals surface area contributed by atoms with E-state index in [0.717, 1.165) is 64.9 Å². The molecule has 2 amide bonds. The zero-order valence-electron chi connectivity index (χ0n) is 22.8. The Morgan fingerprint density at radius 1 is 1.07 bits per heavy atom. The van der Waals surface area contributed by atoms with Crippen LogP contribution in [0.25, 0.3) is 26.3 Å². The van der Waals surface area contributed by atoms with Crippen LogP contribution in [0.2, 0.25) is 0 Å². The molecule has 0 spiro atoms. The van der Waals surface area contributed by atoms with Gasteiger partial charge in [0.1, 0.15) is 22.9 Å². The van der Waals surface area contributed by atoms with E-state index < -0.39 is 0 Å². The van der Waals surface area contributed by atoms with E-state index in [9.17, 15) is 4.79 Å².